The molecule has 1 aliphatic heterocycles. The quantitative estimate of drug-likeness (QED) is 0.441. The average Bonchev–Trinajstić information content (AvgIpc) is 2.85. The molecular weight excluding hydrogens is 502 g/mol. The van der Waals surface area contributed by atoms with E-state index in [4.69, 9.17) is 4.74 Å². The van der Waals surface area contributed by atoms with Crippen molar-refractivity contribution in [2.24, 2.45) is 0 Å². The standard InChI is InChI=1S/C25H35N3O6S2/c1-20(2)21-7-9-22(10-8-21)28(35(3,30)31)19-25(29)26-15-18-34-23-11-13-24(14-12-23)36(32,33)27-16-5-4-6-17-27/h7-14,20H,4-6,15-19H2,1-3H3,(H,26,29). The third kappa shape index (κ3) is 7.44. The molecule has 0 aromatic heterocycles. The highest BCUT2D eigenvalue weighted by Gasteiger charge is 2.26. The number of ether oxygens (including phenoxy) is 1. The number of nitrogens with one attached hydrogen (secondary N) is 1. The van der Waals surface area contributed by atoms with Crippen LogP contribution in [-0.2, 0) is 24.8 Å². The SMILES string of the molecule is CC(C)c1ccc(N(CC(=O)NCCOc2ccc(S(=O)(=O)N3CCCCC3)cc2)S(C)(=O)=O)cc1. The van der Waals surface area contributed by atoms with E-state index in [0.29, 0.717) is 30.4 Å². The maximum atomic E-state index is 12.7. The highest BCUT2D eigenvalue weighted by Crippen LogP contribution is 2.23. The Hall–Kier alpha value is -2.63. The molecule has 0 saturated carbocycles. The van der Waals surface area contributed by atoms with Crippen molar-refractivity contribution in [3.05, 3.63) is 54.1 Å². The molecule has 0 atom stereocenters. The zero-order valence-electron chi connectivity index (χ0n) is 21.0. The molecule has 198 valence electrons. The van der Waals surface area contributed by atoms with Gasteiger partial charge in [-0.2, -0.15) is 4.31 Å². The molecule has 2 aromatic carbocycles. The van der Waals surface area contributed by atoms with Crippen LogP contribution in [0.4, 0.5) is 5.69 Å². The van der Waals surface area contributed by atoms with E-state index in [0.717, 1.165) is 35.4 Å². The predicted molar refractivity (Wildman–Crippen MR) is 140 cm³/mol. The third-order valence-corrected chi connectivity index (χ3v) is 9.06. The van der Waals surface area contributed by atoms with Crippen LogP contribution in [0.15, 0.2) is 53.4 Å². The van der Waals surface area contributed by atoms with E-state index in [1.54, 1.807) is 24.3 Å². The highest BCUT2D eigenvalue weighted by molar-refractivity contribution is 7.92. The Balaban J connectivity index is 1.50. The monoisotopic (exact) mass is 537 g/mol. The molecule has 1 amide bonds. The van der Waals surface area contributed by atoms with Gasteiger partial charge in [0.25, 0.3) is 0 Å². The van der Waals surface area contributed by atoms with Crippen molar-refractivity contribution in [2.75, 3.05) is 43.3 Å². The Morgan fingerprint density at radius 1 is 0.972 bits per heavy atom. The summed E-state index contributed by atoms with van der Waals surface area (Å²) in [5.74, 6) is 0.328. The topological polar surface area (TPSA) is 113 Å². The molecule has 9 nitrogen and oxygen atoms in total. The predicted octanol–water partition coefficient (Wildman–Crippen LogP) is 2.95. The van der Waals surface area contributed by atoms with Gasteiger partial charge in [0.05, 0.1) is 23.4 Å². The summed E-state index contributed by atoms with van der Waals surface area (Å²) in [6.07, 6.45) is 3.86. The number of sulfonamides is 2. The lowest BCUT2D eigenvalue weighted by atomic mass is 10.0. The van der Waals surface area contributed by atoms with E-state index >= 15 is 0 Å². The number of piperidine rings is 1. The number of nitrogens with zero attached hydrogens (tertiary/aromatic N) is 2. The van der Waals surface area contributed by atoms with Gasteiger partial charge in [-0.15, -0.1) is 0 Å². The molecule has 0 bridgehead atoms. The molecule has 0 spiro atoms. The minimum Gasteiger partial charge on any atom is -0.492 e. The van der Waals surface area contributed by atoms with Crippen LogP contribution < -0.4 is 14.4 Å². The second-order valence-electron chi connectivity index (χ2n) is 9.15. The van der Waals surface area contributed by atoms with Gasteiger partial charge >= 0.3 is 0 Å². The number of anilines is 1. The smallest absolute Gasteiger partial charge is 0.243 e. The first-order valence-electron chi connectivity index (χ1n) is 12.1. The maximum absolute atomic E-state index is 12.7. The first kappa shape index (κ1) is 27.9. The number of amides is 1. The van der Waals surface area contributed by atoms with Crippen molar-refractivity contribution in [1.82, 2.24) is 9.62 Å². The first-order chi connectivity index (χ1) is 17.0. The molecule has 0 aliphatic carbocycles. The van der Waals surface area contributed by atoms with Gasteiger partial charge in [-0.05, 0) is 60.7 Å². The zero-order chi connectivity index (χ0) is 26.3. The van der Waals surface area contributed by atoms with Gasteiger partial charge < -0.3 is 10.1 Å². The fourth-order valence-electron chi connectivity index (χ4n) is 3.93. The van der Waals surface area contributed by atoms with Gasteiger partial charge in [-0.3, -0.25) is 9.10 Å². The van der Waals surface area contributed by atoms with Crippen molar-refractivity contribution < 1.29 is 26.4 Å². The van der Waals surface area contributed by atoms with Crippen molar-refractivity contribution in [3.8, 4) is 5.75 Å². The lowest BCUT2D eigenvalue weighted by Crippen LogP contribution is -2.41. The van der Waals surface area contributed by atoms with Gasteiger partial charge in [-0.25, -0.2) is 16.8 Å². The molecule has 1 saturated heterocycles. The van der Waals surface area contributed by atoms with Gasteiger partial charge in [0.2, 0.25) is 26.0 Å². The van der Waals surface area contributed by atoms with Crippen LogP contribution in [0.25, 0.3) is 0 Å². The Bertz CT molecular complexity index is 1220. The van der Waals surface area contributed by atoms with Crippen molar-refractivity contribution >= 4 is 31.6 Å². The summed E-state index contributed by atoms with van der Waals surface area (Å²) < 4.78 is 58.2. The van der Waals surface area contributed by atoms with Crippen molar-refractivity contribution in [2.45, 2.75) is 43.9 Å². The molecule has 1 heterocycles. The van der Waals surface area contributed by atoms with E-state index in [-0.39, 0.29) is 24.6 Å². The minimum atomic E-state index is -3.66. The van der Waals surface area contributed by atoms with Crippen LogP contribution in [0.5, 0.6) is 5.75 Å². The van der Waals surface area contributed by atoms with E-state index in [1.807, 2.05) is 26.0 Å². The van der Waals surface area contributed by atoms with Crippen LogP contribution in [-0.4, -0.2) is 66.1 Å². The Morgan fingerprint density at radius 2 is 1.58 bits per heavy atom. The number of carbonyl (C=O) groups excluding carboxylic acids is 1. The van der Waals surface area contributed by atoms with Gasteiger partial charge in [0.1, 0.15) is 18.9 Å². The maximum Gasteiger partial charge on any atom is 0.243 e. The van der Waals surface area contributed by atoms with Crippen molar-refractivity contribution in [1.29, 1.82) is 0 Å². The van der Waals surface area contributed by atoms with Crippen molar-refractivity contribution in [3.63, 3.8) is 0 Å². The normalized spacial score (nSPS) is 15.0. The molecule has 36 heavy (non-hydrogen) atoms. The van der Waals surface area contributed by atoms with E-state index < -0.39 is 26.0 Å². The van der Waals surface area contributed by atoms with E-state index in [1.165, 1.54) is 16.4 Å². The summed E-state index contributed by atoms with van der Waals surface area (Å²) in [4.78, 5) is 12.7. The molecule has 1 fully saturated rings. The Labute approximate surface area is 214 Å². The summed E-state index contributed by atoms with van der Waals surface area (Å²) in [6.45, 7) is 5.14. The van der Waals surface area contributed by atoms with Crippen LogP contribution in [0.2, 0.25) is 0 Å². The van der Waals surface area contributed by atoms with Crippen LogP contribution >= 0.6 is 0 Å². The Morgan fingerprint density at radius 3 is 2.14 bits per heavy atom. The zero-order valence-corrected chi connectivity index (χ0v) is 22.6. The number of hydrogen-bond donors (Lipinski definition) is 1. The average molecular weight is 538 g/mol. The molecule has 1 N–H and O–H groups in total. The largest absolute Gasteiger partial charge is 0.492 e. The summed E-state index contributed by atoms with van der Waals surface area (Å²) in [5.41, 5.74) is 1.50. The summed E-state index contributed by atoms with van der Waals surface area (Å²) in [7, 11) is -7.16. The van der Waals surface area contributed by atoms with Crippen LogP contribution in [0.3, 0.4) is 0 Å². The molecule has 3 rings (SSSR count). The second-order valence-corrected chi connectivity index (χ2v) is 13.0. The van der Waals surface area contributed by atoms with E-state index in [2.05, 4.69) is 5.32 Å². The number of rotatable bonds is 11. The lowest BCUT2D eigenvalue weighted by Gasteiger charge is -2.25. The third-order valence-electron chi connectivity index (χ3n) is 6.00. The van der Waals surface area contributed by atoms with Gasteiger partial charge in [-0.1, -0.05) is 32.4 Å². The first-order valence-corrected chi connectivity index (χ1v) is 15.3. The van der Waals surface area contributed by atoms with Crippen LogP contribution in [0, 0.1) is 0 Å². The second kappa shape index (κ2) is 12.1. The summed E-state index contributed by atoms with van der Waals surface area (Å²) in [5, 5.41) is 2.66. The van der Waals surface area contributed by atoms with Crippen LogP contribution in [0.1, 0.15) is 44.6 Å². The molecule has 0 unspecified atom stereocenters. The molecule has 1 aliphatic rings. The Kier molecular flexibility index (Phi) is 9.37. The minimum absolute atomic E-state index is 0.145. The van der Waals surface area contributed by atoms with E-state index in [9.17, 15) is 21.6 Å². The van der Waals surface area contributed by atoms with Gasteiger partial charge in [0, 0.05) is 13.1 Å². The number of hydrogen-bond acceptors (Lipinski definition) is 6. The lowest BCUT2D eigenvalue weighted by molar-refractivity contribution is -0.119. The highest BCUT2D eigenvalue weighted by atomic mass is 32.2. The molecular formula is C25H35N3O6S2. The number of carbonyl (C=O) groups is 1. The molecule has 0 radical (unpaired) electrons. The number of benzene rings is 2. The fraction of sp³-hybridized carbons (Fsp3) is 0.480. The van der Waals surface area contributed by atoms with Gasteiger partial charge in [0.15, 0.2) is 0 Å². The summed E-state index contributed by atoms with van der Waals surface area (Å²) >= 11 is 0. The summed E-state index contributed by atoms with van der Waals surface area (Å²) in [6, 6.07) is 13.3. The fourth-order valence-corrected chi connectivity index (χ4v) is 6.31. The molecule has 2 aromatic rings. The molecule has 11 heteroatoms.